The normalized spacial score (nSPS) is 11.7. The number of hydrogen-bond acceptors (Lipinski definition) is 5. The minimum atomic E-state index is -3.73. The number of halogens is 2. The molecule has 2 aromatic rings. The van der Waals surface area contributed by atoms with Crippen molar-refractivity contribution in [2.75, 3.05) is 39.1 Å². The Morgan fingerprint density at radius 3 is 2.31 bits per heavy atom. The summed E-state index contributed by atoms with van der Waals surface area (Å²) < 4.78 is 40.1. The summed E-state index contributed by atoms with van der Waals surface area (Å²) in [7, 11) is -0.311. The molecule has 0 atom stereocenters. The lowest BCUT2D eigenvalue weighted by molar-refractivity contribution is 0.269. The van der Waals surface area contributed by atoms with E-state index < -0.39 is 10.0 Å². The van der Waals surface area contributed by atoms with E-state index >= 15 is 0 Å². The van der Waals surface area contributed by atoms with E-state index in [-0.39, 0.29) is 4.21 Å². The molecule has 0 fully saturated rings. The average molecular weight is 479 g/mol. The average Bonchev–Trinajstić information content (AvgIpc) is 3.19. The van der Waals surface area contributed by atoms with Crippen molar-refractivity contribution in [2.45, 2.75) is 17.1 Å². The molecule has 0 unspecified atom stereocenters. The molecule has 0 spiro atoms. The molecule has 1 aromatic carbocycles. The van der Waals surface area contributed by atoms with E-state index in [9.17, 15) is 8.42 Å². The predicted molar refractivity (Wildman–Crippen MR) is 121 cm³/mol. The van der Waals surface area contributed by atoms with Crippen molar-refractivity contribution in [2.24, 2.45) is 4.40 Å². The van der Waals surface area contributed by atoms with Crippen LogP contribution in [-0.4, -0.2) is 58.7 Å². The van der Waals surface area contributed by atoms with Crippen molar-refractivity contribution in [3.05, 3.63) is 30.3 Å². The lowest BCUT2D eigenvalue weighted by atomic mass is 10.1. The van der Waals surface area contributed by atoms with Crippen LogP contribution in [0.2, 0.25) is 0 Å². The molecule has 0 amide bonds. The molecule has 2 rings (SSSR count). The zero-order valence-corrected chi connectivity index (χ0v) is 19.5. The van der Waals surface area contributed by atoms with Gasteiger partial charge >= 0.3 is 0 Å². The van der Waals surface area contributed by atoms with Gasteiger partial charge < -0.3 is 14.4 Å². The Morgan fingerprint density at radius 1 is 1.03 bits per heavy atom. The van der Waals surface area contributed by atoms with Gasteiger partial charge in [-0.2, -0.15) is 8.42 Å². The third-order valence-corrected chi connectivity index (χ3v) is 6.91. The van der Waals surface area contributed by atoms with Crippen LogP contribution in [0, 0.1) is 0 Å². The highest BCUT2D eigenvalue weighted by molar-refractivity contribution is 7.92. The van der Waals surface area contributed by atoms with E-state index in [0.717, 1.165) is 28.2 Å². The van der Waals surface area contributed by atoms with Crippen molar-refractivity contribution < 1.29 is 17.9 Å². The molecule has 0 N–H and O–H groups in total. The molecule has 10 heteroatoms. The zero-order chi connectivity index (χ0) is 21.3. The first-order valence-electron chi connectivity index (χ1n) is 8.96. The SMILES string of the molecule is CN(C)/C=N/S(=O)(=O)c1ccc(-c2ccc(OCCCCl)c(OCCCCl)c2)s1. The quantitative estimate of drug-likeness (QED) is 0.191. The van der Waals surface area contributed by atoms with Gasteiger partial charge in [-0.25, -0.2) is 0 Å². The van der Waals surface area contributed by atoms with Gasteiger partial charge in [-0.15, -0.1) is 38.9 Å². The summed E-state index contributed by atoms with van der Waals surface area (Å²) in [6, 6.07) is 8.85. The maximum Gasteiger partial charge on any atom is 0.293 e. The summed E-state index contributed by atoms with van der Waals surface area (Å²) in [4.78, 5) is 2.36. The van der Waals surface area contributed by atoms with Crippen LogP contribution >= 0.6 is 34.5 Å². The Labute approximate surface area is 186 Å². The molecule has 29 heavy (non-hydrogen) atoms. The van der Waals surface area contributed by atoms with Crippen molar-refractivity contribution in [3.8, 4) is 21.9 Å². The fourth-order valence-corrected chi connectivity index (χ4v) is 4.62. The van der Waals surface area contributed by atoms with Gasteiger partial charge in [0.1, 0.15) is 10.5 Å². The van der Waals surface area contributed by atoms with Crippen LogP contribution < -0.4 is 9.47 Å². The Morgan fingerprint density at radius 2 is 1.69 bits per heavy atom. The van der Waals surface area contributed by atoms with Crippen molar-refractivity contribution in [1.82, 2.24) is 4.90 Å². The summed E-state index contributed by atoms with van der Waals surface area (Å²) in [5.74, 6) is 2.23. The van der Waals surface area contributed by atoms with Gasteiger partial charge in [0, 0.05) is 30.7 Å². The van der Waals surface area contributed by atoms with Gasteiger partial charge in [-0.3, -0.25) is 0 Å². The molecule has 1 aromatic heterocycles. The number of benzene rings is 1. The largest absolute Gasteiger partial charge is 0.490 e. The number of ether oxygens (including phenoxy) is 2. The monoisotopic (exact) mass is 478 g/mol. The lowest BCUT2D eigenvalue weighted by Gasteiger charge is -2.13. The fourth-order valence-electron chi connectivity index (χ4n) is 2.19. The van der Waals surface area contributed by atoms with Crippen LogP contribution in [0.25, 0.3) is 10.4 Å². The van der Waals surface area contributed by atoms with Crippen LogP contribution in [-0.2, 0) is 10.0 Å². The Hall–Kier alpha value is -1.48. The van der Waals surface area contributed by atoms with Crippen molar-refractivity contribution in [3.63, 3.8) is 0 Å². The number of sulfonamides is 1. The van der Waals surface area contributed by atoms with E-state index in [4.69, 9.17) is 32.7 Å². The number of alkyl halides is 2. The molecule has 0 aliphatic heterocycles. The van der Waals surface area contributed by atoms with Gasteiger partial charge in [-0.1, -0.05) is 0 Å². The molecular weight excluding hydrogens is 455 g/mol. The first-order valence-corrected chi connectivity index (χ1v) is 12.3. The highest BCUT2D eigenvalue weighted by Crippen LogP contribution is 2.37. The standard InChI is InChI=1S/C19H24Cl2N2O4S2/c1-23(2)14-22-29(24,25)19-8-7-18(28-19)15-5-6-16(26-11-3-9-20)17(13-15)27-12-4-10-21/h5-8,13-14H,3-4,9-12H2,1-2H3/b22-14+. The summed E-state index contributed by atoms with van der Waals surface area (Å²) >= 11 is 12.6. The molecule has 6 nitrogen and oxygen atoms in total. The van der Waals surface area contributed by atoms with E-state index in [0.29, 0.717) is 42.9 Å². The summed E-state index contributed by atoms with van der Waals surface area (Å²) in [6.07, 6.45) is 2.70. The second-order valence-corrected chi connectivity index (χ2v) is 9.92. The summed E-state index contributed by atoms with van der Waals surface area (Å²) in [5.41, 5.74) is 0.832. The topological polar surface area (TPSA) is 68.2 Å². The van der Waals surface area contributed by atoms with E-state index in [1.807, 2.05) is 18.2 Å². The zero-order valence-electron chi connectivity index (χ0n) is 16.3. The molecule has 0 aliphatic rings. The third kappa shape index (κ3) is 7.37. The number of thiophene rings is 1. The van der Waals surface area contributed by atoms with Crippen LogP contribution in [0.15, 0.2) is 38.9 Å². The maximum absolute atomic E-state index is 12.3. The first-order chi connectivity index (χ1) is 13.9. The minimum Gasteiger partial charge on any atom is -0.490 e. The van der Waals surface area contributed by atoms with Crippen LogP contribution in [0.5, 0.6) is 11.5 Å². The Kier molecular flexibility index (Phi) is 9.55. The van der Waals surface area contributed by atoms with Crippen LogP contribution in [0.4, 0.5) is 0 Å². The molecule has 0 saturated carbocycles. The number of nitrogens with zero attached hydrogens (tertiary/aromatic N) is 2. The van der Waals surface area contributed by atoms with E-state index in [2.05, 4.69) is 4.40 Å². The van der Waals surface area contributed by atoms with Crippen molar-refractivity contribution >= 4 is 50.9 Å². The fraction of sp³-hybridized carbons (Fsp3) is 0.421. The first kappa shape index (κ1) is 23.8. The Balaban J connectivity index is 2.27. The maximum atomic E-state index is 12.3. The van der Waals surface area contributed by atoms with Gasteiger partial charge in [0.25, 0.3) is 10.0 Å². The molecule has 0 saturated heterocycles. The van der Waals surface area contributed by atoms with Gasteiger partial charge in [0.2, 0.25) is 0 Å². The molecule has 0 aliphatic carbocycles. The Bertz CT molecular complexity index is 915. The van der Waals surface area contributed by atoms with Crippen LogP contribution in [0.3, 0.4) is 0 Å². The van der Waals surface area contributed by atoms with E-state index in [1.54, 1.807) is 31.1 Å². The highest BCUT2D eigenvalue weighted by atomic mass is 35.5. The lowest BCUT2D eigenvalue weighted by Crippen LogP contribution is -2.09. The van der Waals surface area contributed by atoms with Crippen molar-refractivity contribution in [1.29, 1.82) is 0 Å². The number of hydrogen-bond donors (Lipinski definition) is 0. The number of rotatable bonds is 12. The summed E-state index contributed by atoms with van der Waals surface area (Å²) in [5, 5.41) is 0. The molecular formula is C19H24Cl2N2O4S2. The highest BCUT2D eigenvalue weighted by Gasteiger charge is 2.17. The molecule has 1 heterocycles. The van der Waals surface area contributed by atoms with Gasteiger partial charge in [-0.05, 0) is 48.7 Å². The third-order valence-electron chi connectivity index (χ3n) is 3.55. The minimum absolute atomic E-state index is 0.178. The van der Waals surface area contributed by atoms with Gasteiger partial charge in [0.05, 0.1) is 13.2 Å². The predicted octanol–water partition coefficient (Wildman–Crippen LogP) is 4.71. The molecule has 160 valence electrons. The smallest absolute Gasteiger partial charge is 0.293 e. The second-order valence-electron chi connectivity index (χ2n) is 6.22. The van der Waals surface area contributed by atoms with E-state index in [1.165, 1.54) is 6.34 Å². The van der Waals surface area contributed by atoms with Crippen LogP contribution in [0.1, 0.15) is 12.8 Å². The summed E-state index contributed by atoms with van der Waals surface area (Å²) in [6.45, 7) is 0.947. The second kappa shape index (κ2) is 11.6. The molecule has 0 bridgehead atoms. The van der Waals surface area contributed by atoms with Gasteiger partial charge in [0.15, 0.2) is 11.5 Å². The molecule has 0 radical (unpaired) electrons.